The molecule has 0 saturated carbocycles. The maximum Gasteiger partial charge on any atom is 0.317 e. The van der Waals surface area contributed by atoms with Crippen LogP contribution in [0, 0.1) is 0 Å². The highest BCUT2D eigenvalue weighted by atomic mass is 16.5. The van der Waals surface area contributed by atoms with Crippen LogP contribution >= 0.6 is 0 Å². The van der Waals surface area contributed by atoms with Crippen LogP contribution in [-0.2, 0) is 6.54 Å². The zero-order chi connectivity index (χ0) is 15.0. The SMILES string of the molecule is CCCCN(Cc1cc(OC)cc(OC)c1)C(=O)NC. The lowest BCUT2D eigenvalue weighted by atomic mass is 10.2. The van der Waals surface area contributed by atoms with Gasteiger partial charge in [0.25, 0.3) is 0 Å². The highest BCUT2D eigenvalue weighted by Crippen LogP contribution is 2.23. The van der Waals surface area contributed by atoms with Crippen LogP contribution in [0.5, 0.6) is 11.5 Å². The summed E-state index contributed by atoms with van der Waals surface area (Å²) in [5.74, 6) is 1.46. The summed E-state index contributed by atoms with van der Waals surface area (Å²) >= 11 is 0. The summed E-state index contributed by atoms with van der Waals surface area (Å²) in [7, 11) is 4.88. The molecule has 1 N–H and O–H groups in total. The van der Waals surface area contributed by atoms with Gasteiger partial charge in [-0.05, 0) is 24.1 Å². The molecule has 5 heteroatoms. The van der Waals surface area contributed by atoms with Gasteiger partial charge in [0.15, 0.2) is 0 Å². The van der Waals surface area contributed by atoms with Crippen LogP contribution in [0.1, 0.15) is 25.3 Å². The van der Waals surface area contributed by atoms with Gasteiger partial charge < -0.3 is 19.7 Å². The molecule has 0 fully saturated rings. The van der Waals surface area contributed by atoms with E-state index in [1.165, 1.54) is 0 Å². The lowest BCUT2D eigenvalue weighted by molar-refractivity contribution is 0.196. The predicted octanol–water partition coefficient (Wildman–Crippen LogP) is 2.65. The normalized spacial score (nSPS) is 10.0. The van der Waals surface area contributed by atoms with Crippen LogP contribution in [0.2, 0.25) is 0 Å². The van der Waals surface area contributed by atoms with E-state index in [1.807, 2.05) is 18.2 Å². The van der Waals surface area contributed by atoms with Gasteiger partial charge in [-0.3, -0.25) is 0 Å². The summed E-state index contributed by atoms with van der Waals surface area (Å²) in [6, 6.07) is 5.59. The Kier molecular flexibility index (Phi) is 6.70. The molecule has 112 valence electrons. The quantitative estimate of drug-likeness (QED) is 0.835. The van der Waals surface area contributed by atoms with Gasteiger partial charge in [0.2, 0.25) is 0 Å². The number of nitrogens with zero attached hydrogens (tertiary/aromatic N) is 1. The van der Waals surface area contributed by atoms with E-state index in [0.717, 1.165) is 36.4 Å². The average molecular weight is 280 g/mol. The molecule has 0 aliphatic carbocycles. The Balaban J connectivity index is 2.88. The molecule has 20 heavy (non-hydrogen) atoms. The van der Waals surface area contributed by atoms with Gasteiger partial charge in [-0.15, -0.1) is 0 Å². The zero-order valence-electron chi connectivity index (χ0n) is 12.7. The Hall–Kier alpha value is -1.91. The molecule has 0 radical (unpaired) electrons. The standard InChI is InChI=1S/C15H24N2O3/c1-5-6-7-17(15(18)16-2)11-12-8-13(19-3)10-14(9-12)20-4/h8-10H,5-7,11H2,1-4H3,(H,16,18). The molecule has 0 unspecified atom stereocenters. The van der Waals surface area contributed by atoms with Crippen molar-refractivity contribution in [2.24, 2.45) is 0 Å². The molecule has 0 bridgehead atoms. The van der Waals surface area contributed by atoms with Gasteiger partial charge in [-0.2, -0.15) is 0 Å². The van der Waals surface area contributed by atoms with Crippen LogP contribution in [0.15, 0.2) is 18.2 Å². The van der Waals surface area contributed by atoms with E-state index in [1.54, 1.807) is 26.2 Å². The third-order valence-electron chi connectivity index (χ3n) is 3.07. The van der Waals surface area contributed by atoms with E-state index in [2.05, 4.69) is 12.2 Å². The van der Waals surface area contributed by atoms with E-state index in [9.17, 15) is 4.79 Å². The number of hydrogen-bond donors (Lipinski definition) is 1. The number of carbonyl (C=O) groups is 1. The minimum absolute atomic E-state index is 0.0692. The number of unbranched alkanes of at least 4 members (excludes halogenated alkanes) is 1. The largest absolute Gasteiger partial charge is 0.497 e. The molecule has 1 aromatic rings. The third-order valence-corrected chi connectivity index (χ3v) is 3.07. The second-order valence-electron chi connectivity index (χ2n) is 4.55. The minimum atomic E-state index is -0.0692. The Morgan fingerprint density at radius 1 is 1.20 bits per heavy atom. The molecule has 0 saturated heterocycles. The molecule has 5 nitrogen and oxygen atoms in total. The van der Waals surface area contributed by atoms with E-state index in [-0.39, 0.29) is 6.03 Å². The highest BCUT2D eigenvalue weighted by molar-refractivity contribution is 5.73. The number of benzene rings is 1. The summed E-state index contributed by atoms with van der Waals surface area (Å²) in [5.41, 5.74) is 0.987. The Labute approximate surface area is 120 Å². The number of carbonyl (C=O) groups excluding carboxylic acids is 1. The zero-order valence-corrected chi connectivity index (χ0v) is 12.7. The van der Waals surface area contributed by atoms with Crippen molar-refractivity contribution in [3.8, 4) is 11.5 Å². The molecule has 0 spiro atoms. The van der Waals surface area contributed by atoms with Crippen molar-refractivity contribution in [2.45, 2.75) is 26.3 Å². The first-order chi connectivity index (χ1) is 9.64. The van der Waals surface area contributed by atoms with E-state index < -0.39 is 0 Å². The van der Waals surface area contributed by atoms with Crippen molar-refractivity contribution in [3.63, 3.8) is 0 Å². The number of amides is 2. The topological polar surface area (TPSA) is 50.8 Å². The predicted molar refractivity (Wildman–Crippen MR) is 79.3 cm³/mol. The molecule has 0 aromatic heterocycles. The molecule has 2 amide bonds. The molecular formula is C15H24N2O3. The van der Waals surface area contributed by atoms with Gasteiger partial charge in [-0.1, -0.05) is 13.3 Å². The lowest BCUT2D eigenvalue weighted by Crippen LogP contribution is -2.38. The Bertz CT molecular complexity index is 413. The van der Waals surface area contributed by atoms with Crippen LogP contribution in [0.3, 0.4) is 0 Å². The molecule has 0 aliphatic rings. The first kappa shape index (κ1) is 16.1. The van der Waals surface area contributed by atoms with Crippen molar-refractivity contribution in [1.29, 1.82) is 0 Å². The molecule has 0 heterocycles. The molecule has 1 aromatic carbocycles. The van der Waals surface area contributed by atoms with Crippen molar-refractivity contribution < 1.29 is 14.3 Å². The number of methoxy groups -OCH3 is 2. The number of nitrogens with one attached hydrogen (secondary N) is 1. The summed E-state index contributed by atoms with van der Waals surface area (Å²) in [6.45, 7) is 3.37. The van der Waals surface area contributed by atoms with Crippen LogP contribution < -0.4 is 14.8 Å². The average Bonchev–Trinajstić information content (AvgIpc) is 2.49. The first-order valence-corrected chi connectivity index (χ1v) is 6.83. The van der Waals surface area contributed by atoms with Gasteiger partial charge >= 0.3 is 6.03 Å². The van der Waals surface area contributed by atoms with Crippen LogP contribution in [-0.4, -0.2) is 38.7 Å². The smallest absolute Gasteiger partial charge is 0.317 e. The number of rotatable bonds is 7. The maximum atomic E-state index is 11.9. The Morgan fingerprint density at radius 3 is 2.25 bits per heavy atom. The van der Waals surface area contributed by atoms with E-state index in [0.29, 0.717) is 6.54 Å². The van der Waals surface area contributed by atoms with E-state index in [4.69, 9.17) is 9.47 Å². The number of ether oxygens (including phenoxy) is 2. The van der Waals surface area contributed by atoms with E-state index >= 15 is 0 Å². The minimum Gasteiger partial charge on any atom is -0.497 e. The monoisotopic (exact) mass is 280 g/mol. The summed E-state index contributed by atoms with van der Waals surface area (Å²) in [4.78, 5) is 13.7. The Morgan fingerprint density at radius 2 is 1.80 bits per heavy atom. The van der Waals surface area contributed by atoms with Crippen LogP contribution in [0.25, 0.3) is 0 Å². The first-order valence-electron chi connectivity index (χ1n) is 6.83. The maximum absolute atomic E-state index is 11.9. The van der Waals surface area contributed by atoms with Gasteiger partial charge in [0.1, 0.15) is 11.5 Å². The molecule has 0 aliphatic heterocycles. The van der Waals surface area contributed by atoms with Crippen molar-refractivity contribution in [3.05, 3.63) is 23.8 Å². The molecule has 1 rings (SSSR count). The summed E-state index contributed by atoms with van der Waals surface area (Å²) in [5, 5.41) is 2.68. The van der Waals surface area contributed by atoms with Crippen LogP contribution in [0.4, 0.5) is 4.79 Å². The number of hydrogen-bond acceptors (Lipinski definition) is 3. The summed E-state index contributed by atoms with van der Waals surface area (Å²) in [6.07, 6.45) is 2.03. The third kappa shape index (κ3) is 4.64. The van der Waals surface area contributed by atoms with Gasteiger partial charge in [-0.25, -0.2) is 4.79 Å². The van der Waals surface area contributed by atoms with Gasteiger partial charge in [0, 0.05) is 26.2 Å². The molecular weight excluding hydrogens is 256 g/mol. The number of urea groups is 1. The fourth-order valence-electron chi connectivity index (χ4n) is 1.94. The fraction of sp³-hybridized carbons (Fsp3) is 0.533. The van der Waals surface area contributed by atoms with Crippen molar-refractivity contribution >= 4 is 6.03 Å². The fourth-order valence-corrected chi connectivity index (χ4v) is 1.94. The molecule has 0 atom stereocenters. The second-order valence-corrected chi connectivity index (χ2v) is 4.55. The van der Waals surface area contributed by atoms with Gasteiger partial charge in [0.05, 0.1) is 14.2 Å². The summed E-state index contributed by atoms with van der Waals surface area (Å²) < 4.78 is 10.5. The second kappa shape index (κ2) is 8.30. The van der Waals surface area contributed by atoms with Crippen molar-refractivity contribution in [2.75, 3.05) is 27.8 Å². The van der Waals surface area contributed by atoms with Crippen molar-refractivity contribution in [1.82, 2.24) is 10.2 Å². The highest BCUT2D eigenvalue weighted by Gasteiger charge is 2.13. The lowest BCUT2D eigenvalue weighted by Gasteiger charge is -2.22.